The highest BCUT2D eigenvalue weighted by Crippen LogP contribution is 2.44. The fourth-order valence-corrected chi connectivity index (χ4v) is 5.64. The van der Waals surface area contributed by atoms with Crippen molar-refractivity contribution in [3.63, 3.8) is 0 Å². The Kier molecular flexibility index (Phi) is 4.99. The molecule has 8 nitrogen and oxygen atoms in total. The van der Waals surface area contributed by atoms with Crippen LogP contribution in [0.3, 0.4) is 0 Å². The molecule has 1 amide bonds. The van der Waals surface area contributed by atoms with E-state index in [1.54, 1.807) is 0 Å². The van der Waals surface area contributed by atoms with Gasteiger partial charge in [-0.05, 0) is 56.9 Å². The van der Waals surface area contributed by atoms with Crippen LogP contribution in [-0.2, 0) is 6.54 Å². The minimum absolute atomic E-state index is 0.167. The molecule has 2 aliphatic carbocycles. The summed E-state index contributed by atoms with van der Waals surface area (Å²) in [7, 11) is 0. The van der Waals surface area contributed by atoms with E-state index in [-0.39, 0.29) is 5.91 Å². The summed E-state index contributed by atoms with van der Waals surface area (Å²) in [5.41, 5.74) is 6.06. The summed E-state index contributed by atoms with van der Waals surface area (Å²) < 4.78 is 2.94. The van der Waals surface area contributed by atoms with Crippen molar-refractivity contribution in [1.82, 2.24) is 24.7 Å². The largest absolute Gasteiger partial charge is 0.366 e. The number of rotatable bonds is 7. The number of thiophene rings is 1. The molecule has 2 aliphatic rings. The van der Waals surface area contributed by atoms with Crippen LogP contribution in [0.4, 0.5) is 11.5 Å². The monoisotopic (exact) mass is 495 g/mol. The fourth-order valence-electron chi connectivity index (χ4n) is 4.69. The Bertz CT molecular complexity index is 1630. The molecule has 36 heavy (non-hydrogen) atoms. The van der Waals surface area contributed by atoms with Gasteiger partial charge in [0.25, 0.3) is 5.91 Å². The van der Waals surface area contributed by atoms with Crippen LogP contribution in [-0.4, -0.2) is 36.7 Å². The topological polar surface area (TPSA) is 97.6 Å². The van der Waals surface area contributed by atoms with Crippen LogP contribution < -0.4 is 10.6 Å². The average molecular weight is 496 g/mol. The van der Waals surface area contributed by atoms with Crippen LogP contribution >= 0.6 is 11.3 Å². The quantitative estimate of drug-likeness (QED) is 0.310. The lowest BCUT2D eigenvalue weighted by atomic mass is 10.1. The van der Waals surface area contributed by atoms with E-state index in [4.69, 9.17) is 5.10 Å². The SMILES string of the molecule is Cc1cccc(Cn2nc(C3CC3)c3c(NC(=O)c4csc5c(NC6CC6)ncnc45)cccc32)n1. The third-order valence-electron chi connectivity index (χ3n) is 6.79. The van der Waals surface area contributed by atoms with Gasteiger partial charge >= 0.3 is 0 Å². The lowest BCUT2D eigenvalue weighted by Gasteiger charge is -2.08. The molecule has 0 bridgehead atoms. The predicted molar refractivity (Wildman–Crippen MR) is 142 cm³/mol. The van der Waals surface area contributed by atoms with E-state index in [1.165, 1.54) is 17.7 Å². The maximum atomic E-state index is 13.5. The average Bonchev–Trinajstić information content (AvgIpc) is 3.80. The Morgan fingerprint density at radius 3 is 2.78 bits per heavy atom. The van der Waals surface area contributed by atoms with E-state index in [1.807, 2.05) is 47.3 Å². The molecule has 0 atom stereocenters. The number of hydrogen-bond donors (Lipinski definition) is 2. The van der Waals surface area contributed by atoms with Crippen molar-refractivity contribution in [1.29, 1.82) is 0 Å². The first kappa shape index (κ1) is 21.4. The molecule has 0 radical (unpaired) electrons. The summed E-state index contributed by atoms with van der Waals surface area (Å²) in [5, 5.41) is 14.5. The predicted octanol–water partition coefficient (Wildman–Crippen LogP) is 5.50. The van der Waals surface area contributed by atoms with Crippen LogP contribution in [0.1, 0.15) is 59.0 Å². The smallest absolute Gasteiger partial charge is 0.258 e. The Hall–Kier alpha value is -3.85. The maximum absolute atomic E-state index is 13.5. The van der Waals surface area contributed by atoms with E-state index >= 15 is 0 Å². The number of nitrogens with zero attached hydrogens (tertiary/aromatic N) is 5. The van der Waals surface area contributed by atoms with Gasteiger partial charge in [-0.25, -0.2) is 9.97 Å². The number of nitrogens with one attached hydrogen (secondary N) is 2. The molecule has 2 saturated carbocycles. The first-order chi connectivity index (χ1) is 17.6. The second-order valence-corrected chi connectivity index (χ2v) is 10.6. The van der Waals surface area contributed by atoms with Gasteiger partial charge in [-0.3, -0.25) is 14.5 Å². The number of amides is 1. The highest BCUT2D eigenvalue weighted by atomic mass is 32.1. The Labute approximate surface area is 211 Å². The van der Waals surface area contributed by atoms with Crippen LogP contribution in [0.25, 0.3) is 21.1 Å². The standard InChI is InChI=1S/C27H25N7OS/c1-15-4-2-5-18(30-15)12-34-21-7-3-6-20(22(21)23(33-34)16-8-9-16)32-27(35)19-13-36-25-24(19)28-14-29-26(25)31-17-10-11-17/h2-7,13-14,16-17H,8-12H2,1H3,(H,32,35)(H,28,29,31). The first-order valence-electron chi connectivity index (χ1n) is 12.4. The van der Waals surface area contributed by atoms with Crippen LogP contribution in [0.15, 0.2) is 48.1 Å². The summed E-state index contributed by atoms with van der Waals surface area (Å²) in [6, 6.07) is 12.5. The lowest BCUT2D eigenvalue weighted by molar-refractivity contribution is 0.102. The number of aryl methyl sites for hydroxylation is 1. The molecule has 5 aromatic rings. The molecule has 4 aromatic heterocycles. The van der Waals surface area contributed by atoms with Crippen molar-refractivity contribution >= 4 is 49.9 Å². The van der Waals surface area contributed by atoms with Crippen molar-refractivity contribution < 1.29 is 4.79 Å². The number of pyridine rings is 1. The van der Waals surface area contributed by atoms with Crippen molar-refractivity contribution in [3.05, 3.63) is 70.8 Å². The molecule has 1 aromatic carbocycles. The molecule has 0 saturated heterocycles. The molecular formula is C27H25N7OS. The molecule has 9 heteroatoms. The van der Waals surface area contributed by atoms with Gasteiger partial charge < -0.3 is 10.6 Å². The number of carbonyl (C=O) groups is 1. The number of anilines is 2. The van der Waals surface area contributed by atoms with Gasteiger partial charge in [-0.15, -0.1) is 11.3 Å². The molecule has 180 valence electrons. The summed E-state index contributed by atoms with van der Waals surface area (Å²) in [5.74, 6) is 1.08. The van der Waals surface area contributed by atoms with Gasteiger partial charge in [0.05, 0.1) is 44.9 Å². The van der Waals surface area contributed by atoms with Crippen molar-refractivity contribution in [2.45, 2.75) is 51.1 Å². The van der Waals surface area contributed by atoms with Gasteiger partial charge in [0.15, 0.2) is 0 Å². The summed E-state index contributed by atoms with van der Waals surface area (Å²) in [6.45, 7) is 2.59. The van der Waals surface area contributed by atoms with Crippen LogP contribution in [0.2, 0.25) is 0 Å². The highest BCUT2D eigenvalue weighted by Gasteiger charge is 2.31. The van der Waals surface area contributed by atoms with Gasteiger partial charge in [-0.2, -0.15) is 5.10 Å². The van der Waals surface area contributed by atoms with E-state index in [9.17, 15) is 4.79 Å². The van der Waals surface area contributed by atoms with Gasteiger partial charge in [0.2, 0.25) is 0 Å². The maximum Gasteiger partial charge on any atom is 0.258 e. The lowest BCUT2D eigenvalue weighted by Crippen LogP contribution is -2.12. The zero-order valence-electron chi connectivity index (χ0n) is 19.9. The second kappa shape index (κ2) is 8.37. The second-order valence-electron chi connectivity index (χ2n) is 9.71. The number of benzene rings is 1. The third-order valence-corrected chi connectivity index (χ3v) is 7.77. The molecule has 7 rings (SSSR count). The van der Waals surface area contributed by atoms with E-state index in [0.717, 1.165) is 69.9 Å². The molecule has 0 unspecified atom stereocenters. The van der Waals surface area contributed by atoms with Crippen LogP contribution in [0.5, 0.6) is 0 Å². The van der Waals surface area contributed by atoms with Gasteiger partial charge in [0, 0.05) is 28.4 Å². The van der Waals surface area contributed by atoms with E-state index < -0.39 is 0 Å². The molecule has 0 aliphatic heterocycles. The Morgan fingerprint density at radius 2 is 1.97 bits per heavy atom. The van der Waals surface area contributed by atoms with Gasteiger partial charge in [0.1, 0.15) is 12.1 Å². The minimum atomic E-state index is -0.167. The summed E-state index contributed by atoms with van der Waals surface area (Å²) in [4.78, 5) is 27.0. The zero-order valence-corrected chi connectivity index (χ0v) is 20.7. The van der Waals surface area contributed by atoms with E-state index in [2.05, 4.69) is 31.7 Å². The molecule has 2 N–H and O–H groups in total. The summed E-state index contributed by atoms with van der Waals surface area (Å²) in [6.07, 6.45) is 6.10. The molecule has 0 spiro atoms. The van der Waals surface area contributed by atoms with Crippen molar-refractivity contribution in [3.8, 4) is 0 Å². The number of hydrogen-bond acceptors (Lipinski definition) is 7. The summed E-state index contributed by atoms with van der Waals surface area (Å²) >= 11 is 1.51. The normalized spacial score (nSPS) is 15.5. The molecule has 4 heterocycles. The van der Waals surface area contributed by atoms with Crippen molar-refractivity contribution in [2.75, 3.05) is 10.6 Å². The zero-order chi connectivity index (χ0) is 24.2. The van der Waals surface area contributed by atoms with Gasteiger partial charge in [-0.1, -0.05) is 12.1 Å². The number of fused-ring (bicyclic) bond motifs is 2. The number of aromatic nitrogens is 5. The van der Waals surface area contributed by atoms with Crippen molar-refractivity contribution in [2.24, 2.45) is 0 Å². The van der Waals surface area contributed by atoms with Crippen LogP contribution in [0, 0.1) is 6.92 Å². The molecular weight excluding hydrogens is 470 g/mol. The Morgan fingerprint density at radius 1 is 1.11 bits per heavy atom. The minimum Gasteiger partial charge on any atom is -0.366 e. The first-order valence-corrected chi connectivity index (χ1v) is 13.2. The highest BCUT2D eigenvalue weighted by molar-refractivity contribution is 7.18. The fraction of sp³-hybridized carbons (Fsp3) is 0.296. The van der Waals surface area contributed by atoms with E-state index in [0.29, 0.717) is 29.6 Å². The third kappa shape index (κ3) is 3.89. The number of carbonyl (C=O) groups excluding carboxylic acids is 1. The Balaban J connectivity index is 1.25. The molecule has 2 fully saturated rings.